The second kappa shape index (κ2) is 5.58. The van der Waals surface area contributed by atoms with Gasteiger partial charge in [-0.05, 0) is 25.7 Å². The summed E-state index contributed by atoms with van der Waals surface area (Å²) in [5, 5.41) is 0. The van der Waals surface area contributed by atoms with E-state index in [1.165, 1.54) is 0 Å². The van der Waals surface area contributed by atoms with Gasteiger partial charge in [-0.1, -0.05) is 0 Å². The molecule has 0 aromatic carbocycles. The van der Waals surface area contributed by atoms with E-state index in [-0.39, 0.29) is 23.8 Å². The van der Waals surface area contributed by atoms with E-state index in [4.69, 9.17) is 0 Å². The van der Waals surface area contributed by atoms with Crippen LogP contribution in [-0.2, 0) is 16.0 Å². The molecule has 6 heteroatoms. The smallest absolute Gasteiger partial charge is 0.226 e. The van der Waals surface area contributed by atoms with Crippen molar-refractivity contribution in [1.29, 1.82) is 0 Å². The number of rotatable bonds is 1. The van der Waals surface area contributed by atoms with Crippen LogP contribution in [0, 0.1) is 5.92 Å². The van der Waals surface area contributed by atoms with E-state index in [0.717, 1.165) is 43.4 Å². The Bertz CT molecular complexity index is 639. The fourth-order valence-electron chi connectivity index (χ4n) is 4.41. The summed E-state index contributed by atoms with van der Waals surface area (Å²) < 4.78 is 0. The summed E-state index contributed by atoms with van der Waals surface area (Å²) in [5.74, 6) is 0.440. The quantitative estimate of drug-likeness (QED) is 0.784. The largest absolute Gasteiger partial charge is 0.343 e. The van der Waals surface area contributed by atoms with Gasteiger partial charge >= 0.3 is 0 Å². The summed E-state index contributed by atoms with van der Waals surface area (Å²) in [7, 11) is 0. The molecule has 4 rings (SSSR count). The van der Waals surface area contributed by atoms with E-state index >= 15 is 0 Å². The van der Waals surface area contributed by atoms with Gasteiger partial charge in [-0.3, -0.25) is 9.59 Å². The van der Waals surface area contributed by atoms with Crippen LogP contribution in [-0.4, -0.2) is 50.7 Å². The maximum atomic E-state index is 13.1. The molecular weight excluding hydrogens is 292 g/mol. The molecule has 6 nitrogen and oxygen atoms in total. The fraction of sp³-hybridized carbons (Fsp3) is 0.647. The Hall–Kier alpha value is -1.98. The number of hydrogen-bond acceptors (Lipinski definition) is 4. The molecule has 2 fully saturated rings. The monoisotopic (exact) mass is 314 g/mol. The number of piperidine rings is 1. The van der Waals surface area contributed by atoms with Gasteiger partial charge in [0.15, 0.2) is 0 Å². The highest BCUT2D eigenvalue weighted by Gasteiger charge is 2.45. The molecule has 0 saturated carbocycles. The second-order valence-electron chi connectivity index (χ2n) is 6.90. The van der Waals surface area contributed by atoms with E-state index < -0.39 is 0 Å². The van der Waals surface area contributed by atoms with Crippen molar-refractivity contribution in [2.75, 3.05) is 13.1 Å². The van der Waals surface area contributed by atoms with Crippen molar-refractivity contribution in [2.24, 2.45) is 5.92 Å². The summed E-state index contributed by atoms with van der Waals surface area (Å²) in [4.78, 5) is 37.0. The van der Waals surface area contributed by atoms with E-state index in [0.29, 0.717) is 19.1 Å². The van der Waals surface area contributed by atoms with E-state index in [1.807, 2.05) is 11.1 Å². The predicted octanol–water partition coefficient (Wildman–Crippen LogP) is 1.32. The van der Waals surface area contributed by atoms with Crippen LogP contribution in [0.1, 0.15) is 49.9 Å². The number of hydrogen-bond donors (Lipinski definition) is 0. The first-order chi connectivity index (χ1) is 11.1. The molecule has 0 radical (unpaired) electrons. The fourth-order valence-corrected chi connectivity index (χ4v) is 4.41. The van der Waals surface area contributed by atoms with Gasteiger partial charge in [-0.15, -0.1) is 0 Å². The van der Waals surface area contributed by atoms with Crippen LogP contribution in [0.15, 0.2) is 12.5 Å². The van der Waals surface area contributed by atoms with E-state index in [2.05, 4.69) is 14.9 Å². The van der Waals surface area contributed by atoms with Crippen LogP contribution in [0.5, 0.6) is 0 Å². The first-order valence-corrected chi connectivity index (χ1v) is 8.51. The maximum Gasteiger partial charge on any atom is 0.226 e. The number of aromatic nitrogens is 2. The van der Waals surface area contributed by atoms with Crippen LogP contribution in [0.25, 0.3) is 0 Å². The Kier molecular flexibility index (Phi) is 3.54. The summed E-state index contributed by atoms with van der Waals surface area (Å²) in [6.07, 6.45) is 7.98. The average Bonchev–Trinajstić information content (AvgIpc) is 2.89. The predicted molar refractivity (Wildman–Crippen MR) is 83.3 cm³/mol. The zero-order chi connectivity index (χ0) is 16.0. The van der Waals surface area contributed by atoms with Crippen molar-refractivity contribution in [1.82, 2.24) is 19.8 Å². The molecule has 0 aliphatic carbocycles. The normalized spacial score (nSPS) is 27.0. The van der Waals surface area contributed by atoms with Gasteiger partial charge in [-0.25, -0.2) is 9.97 Å². The zero-order valence-corrected chi connectivity index (χ0v) is 13.4. The molecule has 3 aliphatic heterocycles. The molecule has 1 aromatic heterocycles. The number of fused-ring (bicyclic) bond motifs is 4. The maximum absolute atomic E-state index is 13.1. The minimum absolute atomic E-state index is 0.0554. The summed E-state index contributed by atoms with van der Waals surface area (Å²) in [6, 6.07) is 0.448. The molecule has 2 atom stereocenters. The average molecular weight is 314 g/mol. The molecule has 1 aromatic rings. The first kappa shape index (κ1) is 14.6. The van der Waals surface area contributed by atoms with Crippen molar-refractivity contribution in [3.05, 3.63) is 23.8 Å². The third-order valence-electron chi connectivity index (χ3n) is 5.66. The Morgan fingerprint density at radius 3 is 2.70 bits per heavy atom. The lowest BCUT2D eigenvalue weighted by molar-refractivity contribution is -0.143. The molecule has 3 aliphatic rings. The Labute approximate surface area is 135 Å². The third kappa shape index (κ3) is 2.40. The van der Waals surface area contributed by atoms with Gasteiger partial charge < -0.3 is 9.80 Å². The summed E-state index contributed by atoms with van der Waals surface area (Å²) >= 11 is 0. The van der Waals surface area contributed by atoms with Gasteiger partial charge in [0.2, 0.25) is 11.8 Å². The number of amides is 2. The van der Waals surface area contributed by atoms with Crippen molar-refractivity contribution in [2.45, 2.75) is 51.1 Å². The van der Waals surface area contributed by atoms with Gasteiger partial charge in [0, 0.05) is 50.2 Å². The van der Waals surface area contributed by atoms with Crippen LogP contribution in [0.3, 0.4) is 0 Å². The molecule has 2 unspecified atom stereocenters. The number of carbonyl (C=O) groups excluding carboxylic acids is 2. The van der Waals surface area contributed by atoms with Gasteiger partial charge in [0.1, 0.15) is 6.33 Å². The van der Waals surface area contributed by atoms with Crippen molar-refractivity contribution in [3.63, 3.8) is 0 Å². The highest BCUT2D eigenvalue weighted by Crippen LogP contribution is 2.44. The lowest BCUT2D eigenvalue weighted by atomic mass is 9.91. The third-order valence-corrected chi connectivity index (χ3v) is 5.66. The summed E-state index contributed by atoms with van der Waals surface area (Å²) in [6.45, 7) is 3.01. The van der Waals surface area contributed by atoms with Crippen molar-refractivity contribution >= 4 is 11.8 Å². The molecule has 4 heterocycles. The lowest BCUT2D eigenvalue weighted by Crippen LogP contribution is -2.48. The lowest BCUT2D eigenvalue weighted by Gasteiger charge is -2.39. The Morgan fingerprint density at radius 1 is 1.17 bits per heavy atom. The van der Waals surface area contributed by atoms with Crippen LogP contribution in [0.2, 0.25) is 0 Å². The molecule has 0 spiro atoms. The topological polar surface area (TPSA) is 66.4 Å². The van der Waals surface area contributed by atoms with Crippen molar-refractivity contribution < 1.29 is 9.59 Å². The highest BCUT2D eigenvalue weighted by atomic mass is 16.2. The number of carbonyl (C=O) groups is 2. The molecular formula is C17H22N4O2. The molecule has 0 N–H and O–H groups in total. The van der Waals surface area contributed by atoms with Gasteiger partial charge in [-0.2, -0.15) is 0 Å². The standard InChI is InChI=1S/C17H22N4O2/c1-11(22)20-6-4-12(5-7-20)17(23)21-13-2-3-16(21)14-9-18-10-19-15(14)8-13/h9-10,12-13,16H,2-8H2,1H3. The molecule has 2 saturated heterocycles. The van der Waals surface area contributed by atoms with Gasteiger partial charge in [0.25, 0.3) is 0 Å². The van der Waals surface area contributed by atoms with E-state index in [1.54, 1.807) is 13.3 Å². The van der Waals surface area contributed by atoms with E-state index in [9.17, 15) is 9.59 Å². The van der Waals surface area contributed by atoms with Crippen LogP contribution < -0.4 is 0 Å². The summed E-state index contributed by atoms with van der Waals surface area (Å²) in [5.41, 5.74) is 2.25. The number of likely N-dealkylation sites (tertiary alicyclic amines) is 1. The SMILES string of the molecule is CC(=O)N1CCC(C(=O)N2C3CCC2c2cncnc2C3)CC1. The van der Waals surface area contributed by atoms with Gasteiger partial charge in [0.05, 0.1) is 11.7 Å². The molecule has 122 valence electrons. The Morgan fingerprint density at radius 2 is 1.96 bits per heavy atom. The number of nitrogens with zero attached hydrogens (tertiary/aromatic N) is 4. The zero-order valence-electron chi connectivity index (χ0n) is 13.4. The Balaban J connectivity index is 1.51. The first-order valence-electron chi connectivity index (χ1n) is 8.51. The molecule has 2 bridgehead atoms. The van der Waals surface area contributed by atoms with Crippen LogP contribution in [0.4, 0.5) is 0 Å². The molecule has 2 amide bonds. The van der Waals surface area contributed by atoms with Crippen LogP contribution >= 0.6 is 0 Å². The molecule has 23 heavy (non-hydrogen) atoms. The minimum atomic E-state index is 0.0554. The highest BCUT2D eigenvalue weighted by molar-refractivity contribution is 5.81. The second-order valence-corrected chi connectivity index (χ2v) is 6.90. The van der Waals surface area contributed by atoms with Crippen molar-refractivity contribution in [3.8, 4) is 0 Å². The minimum Gasteiger partial charge on any atom is -0.343 e.